The molecule has 16 heavy (non-hydrogen) atoms. The van der Waals surface area contributed by atoms with E-state index in [1.807, 2.05) is 7.05 Å². The summed E-state index contributed by atoms with van der Waals surface area (Å²) < 4.78 is 4.59. The lowest BCUT2D eigenvalue weighted by Crippen LogP contribution is -2.43. The molecule has 0 aliphatic heterocycles. The second-order valence-electron chi connectivity index (χ2n) is 4.58. The number of likely N-dealkylation sites (N-methyl/N-ethyl adjacent to an activating group) is 1. The topological polar surface area (TPSA) is 49.8 Å². The average Bonchev–Trinajstić information content (AvgIpc) is 2.29. The summed E-state index contributed by atoms with van der Waals surface area (Å²) in [6.45, 7) is 0.844. The van der Waals surface area contributed by atoms with Gasteiger partial charge in [0.25, 0.3) is 0 Å². The molecule has 0 spiro atoms. The van der Waals surface area contributed by atoms with E-state index in [2.05, 4.69) is 9.64 Å². The molecular weight excluding hydrogens is 206 g/mol. The summed E-state index contributed by atoms with van der Waals surface area (Å²) in [6, 6.07) is 0.270. The van der Waals surface area contributed by atoms with Crippen molar-refractivity contribution in [3.05, 3.63) is 0 Å². The van der Waals surface area contributed by atoms with Gasteiger partial charge in [-0.3, -0.25) is 4.79 Å². The van der Waals surface area contributed by atoms with Gasteiger partial charge in [0.1, 0.15) is 0 Å². The van der Waals surface area contributed by atoms with E-state index in [4.69, 9.17) is 0 Å². The van der Waals surface area contributed by atoms with Crippen LogP contribution in [0.2, 0.25) is 0 Å². The van der Waals surface area contributed by atoms with Crippen LogP contribution in [-0.4, -0.2) is 48.8 Å². The van der Waals surface area contributed by atoms with Gasteiger partial charge in [-0.25, -0.2) is 0 Å². The van der Waals surface area contributed by atoms with E-state index in [0.29, 0.717) is 6.42 Å². The number of aliphatic hydroxyl groups is 1. The third-order valence-electron chi connectivity index (χ3n) is 3.38. The minimum atomic E-state index is -0.197. The number of esters is 1. The molecule has 0 aromatic rings. The Balaban J connectivity index is 2.22. The third-order valence-corrected chi connectivity index (χ3v) is 3.38. The summed E-state index contributed by atoms with van der Waals surface area (Å²) in [4.78, 5) is 13.1. The number of hydrogen-bond acceptors (Lipinski definition) is 4. The van der Waals surface area contributed by atoms with Crippen LogP contribution >= 0.6 is 0 Å². The molecule has 0 heterocycles. The van der Waals surface area contributed by atoms with Gasteiger partial charge in [0.2, 0.25) is 0 Å². The molecule has 0 radical (unpaired) electrons. The Hall–Kier alpha value is -0.610. The first kappa shape index (κ1) is 13.5. The zero-order chi connectivity index (χ0) is 12.0. The predicted octanol–water partition coefficient (Wildman–Crippen LogP) is 1.17. The number of methoxy groups -OCH3 is 1. The first-order valence-corrected chi connectivity index (χ1v) is 6.10. The highest BCUT2D eigenvalue weighted by molar-refractivity contribution is 5.69. The van der Waals surface area contributed by atoms with Crippen molar-refractivity contribution >= 4 is 5.97 Å². The van der Waals surface area contributed by atoms with E-state index in [0.717, 1.165) is 32.2 Å². The lowest BCUT2D eigenvalue weighted by atomic mass is 9.91. The third kappa shape index (κ3) is 4.10. The predicted molar refractivity (Wildman–Crippen MR) is 62.1 cm³/mol. The van der Waals surface area contributed by atoms with Crippen LogP contribution in [0.15, 0.2) is 0 Å². The molecule has 0 aromatic carbocycles. The Morgan fingerprint density at radius 3 is 2.75 bits per heavy atom. The first-order chi connectivity index (χ1) is 7.65. The van der Waals surface area contributed by atoms with Gasteiger partial charge in [-0.2, -0.15) is 0 Å². The van der Waals surface area contributed by atoms with Gasteiger partial charge in [0.15, 0.2) is 0 Å². The van der Waals surface area contributed by atoms with Crippen LogP contribution in [0, 0.1) is 0 Å². The number of carbonyl (C=O) groups excluding carboxylic acids is 1. The van der Waals surface area contributed by atoms with Crippen molar-refractivity contribution in [1.82, 2.24) is 4.90 Å². The molecule has 0 saturated heterocycles. The number of ether oxygens (including phenoxy) is 1. The number of carbonyl (C=O) groups is 1. The van der Waals surface area contributed by atoms with E-state index in [1.165, 1.54) is 13.5 Å². The Labute approximate surface area is 97.6 Å². The summed E-state index contributed by atoms with van der Waals surface area (Å²) in [6.07, 6.45) is 5.37. The van der Waals surface area contributed by atoms with Gasteiger partial charge in [-0.1, -0.05) is 12.8 Å². The van der Waals surface area contributed by atoms with Crippen molar-refractivity contribution in [1.29, 1.82) is 0 Å². The fraction of sp³-hybridized carbons (Fsp3) is 0.917. The normalized spacial score (nSPS) is 25.8. The quantitative estimate of drug-likeness (QED) is 0.719. The SMILES string of the molecule is COC(=O)CCCN(C)C1CCCCC1O. The van der Waals surface area contributed by atoms with Gasteiger partial charge in [0.05, 0.1) is 13.2 Å². The summed E-state index contributed by atoms with van der Waals surface area (Å²) in [5.74, 6) is -0.155. The summed E-state index contributed by atoms with van der Waals surface area (Å²) >= 11 is 0. The fourth-order valence-electron chi connectivity index (χ4n) is 2.35. The Bertz CT molecular complexity index is 220. The molecule has 0 amide bonds. The van der Waals surface area contributed by atoms with Gasteiger partial charge in [-0.15, -0.1) is 0 Å². The van der Waals surface area contributed by atoms with Gasteiger partial charge in [0, 0.05) is 12.5 Å². The molecule has 1 rings (SSSR count). The second kappa shape index (κ2) is 6.86. The summed E-state index contributed by atoms with van der Waals surface area (Å²) in [5.41, 5.74) is 0. The van der Waals surface area contributed by atoms with Crippen molar-refractivity contribution in [3.8, 4) is 0 Å². The van der Waals surface area contributed by atoms with Gasteiger partial charge >= 0.3 is 5.97 Å². The van der Waals surface area contributed by atoms with Crippen molar-refractivity contribution in [2.45, 2.75) is 50.7 Å². The zero-order valence-corrected chi connectivity index (χ0v) is 10.3. The minimum Gasteiger partial charge on any atom is -0.469 e. The van der Waals surface area contributed by atoms with Crippen molar-refractivity contribution in [2.24, 2.45) is 0 Å². The van der Waals surface area contributed by atoms with Crippen LogP contribution in [0.5, 0.6) is 0 Å². The number of hydrogen-bond donors (Lipinski definition) is 1. The molecule has 4 heteroatoms. The van der Waals surface area contributed by atoms with Crippen LogP contribution in [0.3, 0.4) is 0 Å². The van der Waals surface area contributed by atoms with Crippen LogP contribution in [0.4, 0.5) is 0 Å². The maximum absolute atomic E-state index is 10.9. The number of nitrogens with zero attached hydrogens (tertiary/aromatic N) is 1. The Morgan fingerprint density at radius 1 is 1.44 bits per heavy atom. The second-order valence-corrected chi connectivity index (χ2v) is 4.58. The average molecular weight is 229 g/mol. The van der Waals surface area contributed by atoms with E-state index in [1.54, 1.807) is 0 Å². The maximum atomic E-state index is 10.9. The molecule has 1 N–H and O–H groups in total. The molecule has 1 aliphatic rings. The highest BCUT2D eigenvalue weighted by Gasteiger charge is 2.26. The van der Waals surface area contributed by atoms with E-state index in [9.17, 15) is 9.90 Å². The molecule has 4 nitrogen and oxygen atoms in total. The van der Waals surface area contributed by atoms with E-state index >= 15 is 0 Å². The molecule has 2 unspecified atom stereocenters. The molecule has 1 aliphatic carbocycles. The maximum Gasteiger partial charge on any atom is 0.305 e. The first-order valence-electron chi connectivity index (χ1n) is 6.10. The number of aliphatic hydroxyl groups excluding tert-OH is 1. The monoisotopic (exact) mass is 229 g/mol. The van der Waals surface area contributed by atoms with Gasteiger partial charge in [-0.05, 0) is 32.9 Å². The zero-order valence-electron chi connectivity index (χ0n) is 10.3. The fourth-order valence-corrected chi connectivity index (χ4v) is 2.35. The van der Waals surface area contributed by atoms with Crippen molar-refractivity contribution in [3.63, 3.8) is 0 Å². The summed E-state index contributed by atoms with van der Waals surface area (Å²) in [5, 5.41) is 9.86. The van der Waals surface area contributed by atoms with E-state index in [-0.39, 0.29) is 18.1 Å². The van der Waals surface area contributed by atoms with Crippen molar-refractivity contribution < 1.29 is 14.6 Å². The molecular formula is C12H23NO3. The molecule has 1 fully saturated rings. The van der Waals surface area contributed by atoms with E-state index < -0.39 is 0 Å². The largest absolute Gasteiger partial charge is 0.469 e. The van der Waals surface area contributed by atoms with Crippen molar-refractivity contribution in [2.75, 3.05) is 20.7 Å². The standard InChI is InChI=1S/C12H23NO3/c1-13(9-5-8-12(15)16-2)10-6-3-4-7-11(10)14/h10-11,14H,3-9H2,1-2H3. The molecule has 2 atom stereocenters. The highest BCUT2D eigenvalue weighted by Crippen LogP contribution is 2.22. The van der Waals surface area contributed by atoms with Crippen LogP contribution in [0.25, 0.3) is 0 Å². The smallest absolute Gasteiger partial charge is 0.305 e. The molecule has 94 valence electrons. The highest BCUT2D eigenvalue weighted by atomic mass is 16.5. The summed E-state index contributed by atoms with van der Waals surface area (Å²) in [7, 11) is 3.44. The number of rotatable bonds is 5. The van der Waals surface area contributed by atoms with Crippen LogP contribution in [-0.2, 0) is 9.53 Å². The van der Waals surface area contributed by atoms with Crippen LogP contribution in [0.1, 0.15) is 38.5 Å². The molecule has 0 aromatic heterocycles. The lowest BCUT2D eigenvalue weighted by molar-refractivity contribution is -0.140. The minimum absolute atomic E-state index is 0.155. The lowest BCUT2D eigenvalue weighted by Gasteiger charge is -2.35. The molecule has 0 bridgehead atoms. The van der Waals surface area contributed by atoms with Gasteiger partial charge < -0.3 is 14.7 Å². The Kier molecular flexibility index (Phi) is 5.77. The van der Waals surface area contributed by atoms with Crippen LogP contribution < -0.4 is 0 Å². The Morgan fingerprint density at radius 2 is 2.12 bits per heavy atom. The molecule has 1 saturated carbocycles.